The number of nitrogens with one attached hydrogen (secondary N) is 4. The maximum atomic E-state index is 12.5. The molecule has 1 amide bonds. The minimum atomic E-state index is -0.461. The van der Waals surface area contributed by atoms with Gasteiger partial charge >= 0.3 is 0 Å². The van der Waals surface area contributed by atoms with Gasteiger partial charge in [0.05, 0.1) is 22.7 Å². The summed E-state index contributed by atoms with van der Waals surface area (Å²) < 4.78 is 0. The van der Waals surface area contributed by atoms with E-state index in [0.29, 0.717) is 16.5 Å². The maximum Gasteiger partial charge on any atom is 0.258 e. The number of anilines is 2. The largest absolute Gasteiger partial charge is 0.362 e. The van der Waals surface area contributed by atoms with E-state index in [-0.39, 0.29) is 34.2 Å². The monoisotopic (exact) mass is 408 g/mol. The maximum absolute atomic E-state index is 12.5. The molecule has 2 rings (SSSR count). The second-order valence-electron chi connectivity index (χ2n) is 5.37. The van der Waals surface area contributed by atoms with Gasteiger partial charge in [-0.15, -0.1) is 0 Å². The number of carbonyl (C=O) groups excluding carboxylic acids is 1. The van der Waals surface area contributed by atoms with Gasteiger partial charge in [-0.05, 0) is 31.2 Å². The number of hydrogen-bond acceptors (Lipinski definition) is 7. The molecule has 11 heteroatoms. The Hall–Kier alpha value is -2.88. The van der Waals surface area contributed by atoms with Crippen LogP contribution in [0.4, 0.5) is 11.5 Å². The van der Waals surface area contributed by atoms with Crippen LogP contribution in [0.2, 0.25) is 10.0 Å². The molecule has 0 unspecified atom stereocenters. The van der Waals surface area contributed by atoms with Crippen molar-refractivity contribution in [2.75, 3.05) is 17.2 Å². The first-order valence-electron chi connectivity index (χ1n) is 7.65. The van der Waals surface area contributed by atoms with E-state index in [1.807, 2.05) is 0 Å². The molecule has 0 atom stereocenters. The van der Waals surface area contributed by atoms with Crippen molar-refractivity contribution >= 4 is 52.2 Å². The van der Waals surface area contributed by atoms with E-state index in [1.54, 1.807) is 24.3 Å². The molecule has 0 aliphatic heterocycles. The van der Waals surface area contributed by atoms with Crippen LogP contribution in [0.5, 0.6) is 0 Å². The fraction of sp³-hybridized carbons (Fsp3) is 0.125. The summed E-state index contributed by atoms with van der Waals surface area (Å²) >= 11 is 12.2. The molecular formula is C16H18Cl2N8O. The molecule has 27 heavy (non-hydrogen) atoms. The van der Waals surface area contributed by atoms with Gasteiger partial charge in [-0.1, -0.05) is 23.2 Å². The molecule has 2 aromatic rings. The Kier molecular flexibility index (Phi) is 6.94. The summed E-state index contributed by atoms with van der Waals surface area (Å²) in [7, 11) is 0. The number of hydrazine groups is 1. The third kappa shape index (κ3) is 5.07. The number of rotatable bonds is 6. The number of benzene rings is 1. The molecule has 0 fully saturated rings. The number of halogens is 2. The lowest BCUT2D eigenvalue weighted by atomic mass is 10.1. The Morgan fingerprint density at radius 1 is 1.30 bits per heavy atom. The summed E-state index contributed by atoms with van der Waals surface area (Å²) in [6.45, 7) is 1.67. The Morgan fingerprint density at radius 2 is 1.96 bits per heavy atom. The third-order valence-corrected chi connectivity index (χ3v) is 4.13. The Morgan fingerprint density at radius 3 is 2.52 bits per heavy atom. The van der Waals surface area contributed by atoms with Gasteiger partial charge in [0.25, 0.3) is 5.91 Å². The highest BCUT2D eigenvalue weighted by atomic mass is 35.5. The second kappa shape index (κ2) is 9.17. The van der Waals surface area contributed by atoms with Crippen LogP contribution in [-0.4, -0.2) is 29.0 Å². The quantitative estimate of drug-likeness (QED) is 0.186. The van der Waals surface area contributed by atoms with Crippen LogP contribution in [-0.2, 0) is 0 Å². The summed E-state index contributed by atoms with van der Waals surface area (Å²) in [5.41, 5.74) is 3.41. The van der Waals surface area contributed by atoms with Crippen molar-refractivity contribution in [2.24, 2.45) is 16.8 Å². The molecule has 1 heterocycles. The van der Waals surface area contributed by atoms with Crippen LogP contribution in [0, 0.1) is 5.41 Å². The lowest BCUT2D eigenvalue weighted by Gasteiger charge is -2.15. The van der Waals surface area contributed by atoms with E-state index < -0.39 is 5.91 Å². The number of nitrogens with zero attached hydrogens (tertiary/aromatic N) is 2. The van der Waals surface area contributed by atoms with Crippen molar-refractivity contribution in [1.82, 2.24) is 10.4 Å². The Bertz CT molecular complexity index is 883. The molecule has 8 N–H and O–H groups in total. The number of pyridine rings is 1. The number of aromatic nitrogens is 1. The summed E-state index contributed by atoms with van der Waals surface area (Å²) in [6.07, 6.45) is 1.32. The summed E-state index contributed by atoms with van der Waals surface area (Å²) in [4.78, 5) is 16.7. The van der Waals surface area contributed by atoms with Gasteiger partial charge in [0.1, 0.15) is 5.82 Å². The zero-order valence-electron chi connectivity index (χ0n) is 14.3. The van der Waals surface area contributed by atoms with Crippen molar-refractivity contribution in [1.29, 1.82) is 5.41 Å². The minimum Gasteiger partial charge on any atom is -0.362 e. The van der Waals surface area contributed by atoms with E-state index in [1.165, 1.54) is 13.1 Å². The SMILES string of the molecule is CC(=N)c1c(NC/C(=N/N)NN)ncc(C(=O)Nc2ccc(Cl)cc2)c1Cl. The van der Waals surface area contributed by atoms with Crippen LogP contribution < -0.4 is 27.7 Å². The topological polar surface area (TPSA) is 154 Å². The molecule has 0 bridgehead atoms. The van der Waals surface area contributed by atoms with E-state index in [9.17, 15) is 4.79 Å². The summed E-state index contributed by atoms with van der Waals surface area (Å²) in [6, 6.07) is 6.63. The van der Waals surface area contributed by atoms with Crippen molar-refractivity contribution in [2.45, 2.75) is 6.92 Å². The first kappa shape index (κ1) is 20.4. The van der Waals surface area contributed by atoms with E-state index in [0.717, 1.165) is 0 Å². The third-order valence-electron chi connectivity index (χ3n) is 3.48. The number of hydrogen-bond donors (Lipinski definition) is 6. The van der Waals surface area contributed by atoms with Gasteiger partial charge in [0.2, 0.25) is 0 Å². The molecule has 1 aromatic carbocycles. The van der Waals surface area contributed by atoms with E-state index >= 15 is 0 Å². The number of amides is 1. The average molecular weight is 409 g/mol. The van der Waals surface area contributed by atoms with Gasteiger partial charge in [-0.3, -0.25) is 4.79 Å². The number of hydrazone groups is 1. The molecule has 0 saturated carbocycles. The molecule has 142 valence electrons. The molecule has 0 saturated heterocycles. The fourth-order valence-corrected chi connectivity index (χ4v) is 2.65. The fourth-order valence-electron chi connectivity index (χ4n) is 2.16. The molecular weight excluding hydrogens is 391 g/mol. The van der Waals surface area contributed by atoms with Crippen molar-refractivity contribution in [3.8, 4) is 0 Å². The van der Waals surface area contributed by atoms with Crippen molar-refractivity contribution in [3.05, 3.63) is 51.6 Å². The second-order valence-corrected chi connectivity index (χ2v) is 6.18. The molecule has 0 radical (unpaired) electrons. The first-order chi connectivity index (χ1) is 12.9. The zero-order valence-corrected chi connectivity index (χ0v) is 15.8. The predicted molar refractivity (Wildman–Crippen MR) is 109 cm³/mol. The van der Waals surface area contributed by atoms with Crippen molar-refractivity contribution < 1.29 is 4.79 Å². The van der Waals surface area contributed by atoms with Gasteiger partial charge < -0.3 is 27.3 Å². The van der Waals surface area contributed by atoms with Gasteiger partial charge in [-0.2, -0.15) is 5.10 Å². The first-order valence-corrected chi connectivity index (χ1v) is 8.41. The lowest BCUT2D eigenvalue weighted by Crippen LogP contribution is -2.36. The number of nitrogens with two attached hydrogens (primary N) is 2. The van der Waals surface area contributed by atoms with Gasteiger partial charge in [0.15, 0.2) is 5.84 Å². The molecule has 1 aromatic heterocycles. The van der Waals surface area contributed by atoms with E-state index in [4.69, 9.17) is 40.3 Å². The van der Waals surface area contributed by atoms with Crippen LogP contribution in [0.3, 0.4) is 0 Å². The van der Waals surface area contributed by atoms with Crippen LogP contribution in [0.25, 0.3) is 0 Å². The zero-order chi connectivity index (χ0) is 20.0. The summed E-state index contributed by atoms with van der Waals surface area (Å²) in [5.74, 6) is 10.6. The minimum absolute atomic E-state index is 0.0957. The molecule has 0 aliphatic rings. The number of amidine groups is 1. The highest BCUT2D eigenvalue weighted by Crippen LogP contribution is 2.27. The highest BCUT2D eigenvalue weighted by molar-refractivity contribution is 6.38. The molecule has 9 nitrogen and oxygen atoms in total. The predicted octanol–water partition coefficient (Wildman–Crippen LogP) is 2.18. The van der Waals surface area contributed by atoms with Gasteiger partial charge in [0, 0.05) is 22.6 Å². The van der Waals surface area contributed by atoms with Crippen LogP contribution in [0.15, 0.2) is 35.6 Å². The van der Waals surface area contributed by atoms with E-state index in [2.05, 4.69) is 26.1 Å². The van der Waals surface area contributed by atoms with Crippen LogP contribution >= 0.6 is 23.2 Å². The smallest absolute Gasteiger partial charge is 0.258 e. The lowest BCUT2D eigenvalue weighted by molar-refractivity contribution is 0.102. The van der Waals surface area contributed by atoms with Crippen molar-refractivity contribution in [3.63, 3.8) is 0 Å². The van der Waals surface area contributed by atoms with Gasteiger partial charge in [-0.25, -0.2) is 10.8 Å². The molecule has 0 spiro atoms. The molecule has 0 aliphatic carbocycles. The highest BCUT2D eigenvalue weighted by Gasteiger charge is 2.20. The van der Waals surface area contributed by atoms with Crippen LogP contribution in [0.1, 0.15) is 22.8 Å². The standard InChI is InChI=1S/C16H18Cl2N8O/c1-8(19)13-14(18)11(6-22-15(13)23-7-12(25-20)26-21)16(27)24-10-4-2-9(17)3-5-10/h2-6,19H,7,20-21H2,1H3,(H,22,23)(H,24,27)(H,25,26). The number of carbonyl (C=O) groups is 1. The summed E-state index contributed by atoms with van der Waals surface area (Å²) in [5, 5.41) is 17.7. The Labute approximate surface area is 165 Å². The Balaban J connectivity index is 2.30. The normalized spacial score (nSPS) is 11.0. The average Bonchev–Trinajstić information content (AvgIpc) is 2.64.